The van der Waals surface area contributed by atoms with E-state index in [1.54, 1.807) is 11.0 Å². The number of hydrogen-bond acceptors (Lipinski definition) is 3. The zero-order chi connectivity index (χ0) is 17.5. The van der Waals surface area contributed by atoms with Crippen LogP contribution in [-0.2, 0) is 4.79 Å². The van der Waals surface area contributed by atoms with Gasteiger partial charge in [0.15, 0.2) is 0 Å². The van der Waals surface area contributed by atoms with Gasteiger partial charge in [-0.1, -0.05) is 31.7 Å². The lowest BCUT2D eigenvalue weighted by Crippen LogP contribution is -2.37. The van der Waals surface area contributed by atoms with Gasteiger partial charge in [0.2, 0.25) is 5.91 Å². The minimum absolute atomic E-state index is 0.0730. The highest BCUT2D eigenvalue weighted by Gasteiger charge is 2.22. The molecule has 2 aliphatic rings. The van der Waals surface area contributed by atoms with E-state index in [-0.39, 0.29) is 11.8 Å². The molecule has 0 aromatic heterocycles. The van der Waals surface area contributed by atoms with Crippen LogP contribution in [0.25, 0.3) is 0 Å². The molecule has 0 unspecified atom stereocenters. The molecule has 1 aromatic carbocycles. The van der Waals surface area contributed by atoms with E-state index in [0.717, 1.165) is 25.2 Å². The smallest absolute Gasteiger partial charge is 0.251 e. The molecule has 0 spiro atoms. The van der Waals surface area contributed by atoms with Crippen LogP contribution in [-0.4, -0.2) is 37.5 Å². The first-order valence-electron chi connectivity index (χ1n) is 9.66. The van der Waals surface area contributed by atoms with Crippen LogP contribution < -0.4 is 15.5 Å². The average molecular weight is 343 g/mol. The molecule has 1 aliphatic carbocycles. The summed E-state index contributed by atoms with van der Waals surface area (Å²) in [7, 11) is 0. The molecule has 1 aliphatic heterocycles. The lowest BCUT2D eigenvalue weighted by atomic mass is 10.1. The fourth-order valence-corrected chi connectivity index (χ4v) is 3.77. The highest BCUT2D eigenvalue weighted by atomic mass is 16.2. The Balaban J connectivity index is 1.45. The highest BCUT2D eigenvalue weighted by molar-refractivity contribution is 5.99. The normalized spacial score (nSPS) is 19.0. The molecule has 1 heterocycles. The molecule has 1 saturated heterocycles. The third-order valence-electron chi connectivity index (χ3n) is 5.19. The largest absolute Gasteiger partial charge is 0.351 e. The first-order valence-corrected chi connectivity index (χ1v) is 9.66. The van der Waals surface area contributed by atoms with Gasteiger partial charge in [-0.25, -0.2) is 0 Å². The van der Waals surface area contributed by atoms with E-state index in [1.807, 2.05) is 18.2 Å². The Kier molecular flexibility index (Phi) is 6.45. The number of nitrogens with one attached hydrogen (secondary N) is 2. The van der Waals surface area contributed by atoms with Crippen LogP contribution in [0.15, 0.2) is 24.3 Å². The van der Waals surface area contributed by atoms with Crippen molar-refractivity contribution in [2.45, 2.75) is 57.4 Å². The van der Waals surface area contributed by atoms with Crippen molar-refractivity contribution < 1.29 is 9.59 Å². The fourth-order valence-electron chi connectivity index (χ4n) is 3.77. The molecule has 2 N–H and O–H groups in total. The van der Waals surface area contributed by atoms with Crippen molar-refractivity contribution in [2.24, 2.45) is 0 Å². The summed E-state index contributed by atoms with van der Waals surface area (Å²) in [6.45, 7) is 2.18. The maximum absolute atomic E-state index is 12.4. The van der Waals surface area contributed by atoms with Crippen molar-refractivity contribution in [2.75, 3.05) is 24.5 Å². The summed E-state index contributed by atoms with van der Waals surface area (Å²) in [6, 6.07) is 7.96. The second kappa shape index (κ2) is 8.99. The number of carbonyl (C=O) groups is 2. The molecule has 3 rings (SSSR count). The van der Waals surface area contributed by atoms with Crippen LogP contribution in [0, 0.1) is 0 Å². The number of amides is 2. The van der Waals surface area contributed by atoms with Crippen LogP contribution in [0.5, 0.6) is 0 Å². The average Bonchev–Trinajstić information content (AvgIpc) is 2.90. The Hall–Kier alpha value is -1.88. The van der Waals surface area contributed by atoms with E-state index >= 15 is 0 Å². The van der Waals surface area contributed by atoms with Crippen molar-refractivity contribution in [1.29, 1.82) is 0 Å². The summed E-state index contributed by atoms with van der Waals surface area (Å²) in [5, 5.41) is 6.54. The molecule has 2 fully saturated rings. The number of hydrogen-bond donors (Lipinski definition) is 2. The van der Waals surface area contributed by atoms with Gasteiger partial charge in [0.1, 0.15) is 0 Å². The maximum atomic E-state index is 12.4. The molecule has 5 heteroatoms. The van der Waals surface area contributed by atoms with Gasteiger partial charge in [-0.3, -0.25) is 9.59 Å². The van der Waals surface area contributed by atoms with Gasteiger partial charge in [0.25, 0.3) is 5.91 Å². The van der Waals surface area contributed by atoms with Gasteiger partial charge < -0.3 is 15.5 Å². The van der Waals surface area contributed by atoms with E-state index in [0.29, 0.717) is 24.6 Å². The zero-order valence-corrected chi connectivity index (χ0v) is 14.9. The quantitative estimate of drug-likeness (QED) is 0.617. The lowest BCUT2D eigenvalue weighted by Gasteiger charge is -2.17. The SMILES string of the molecule is O=C(NCCNC1CCCCCC1)c1cccc(N2CCCC2=O)c1. The molecule has 136 valence electrons. The number of rotatable bonds is 6. The number of benzene rings is 1. The van der Waals surface area contributed by atoms with Crippen LogP contribution in [0.4, 0.5) is 5.69 Å². The third kappa shape index (κ3) is 5.05. The molecular formula is C20H29N3O2. The Morgan fingerprint density at radius 3 is 2.60 bits per heavy atom. The molecule has 5 nitrogen and oxygen atoms in total. The summed E-state index contributed by atoms with van der Waals surface area (Å²) in [5.74, 6) is 0.0707. The first kappa shape index (κ1) is 17.9. The highest BCUT2D eigenvalue weighted by Crippen LogP contribution is 2.22. The zero-order valence-electron chi connectivity index (χ0n) is 14.9. The van der Waals surface area contributed by atoms with Crippen LogP contribution >= 0.6 is 0 Å². The Morgan fingerprint density at radius 1 is 1.08 bits per heavy atom. The Morgan fingerprint density at radius 2 is 1.88 bits per heavy atom. The number of carbonyl (C=O) groups excluding carboxylic acids is 2. The number of nitrogens with zero attached hydrogens (tertiary/aromatic N) is 1. The second-order valence-corrected chi connectivity index (χ2v) is 7.10. The second-order valence-electron chi connectivity index (χ2n) is 7.10. The molecule has 1 aromatic rings. The Bertz CT molecular complexity index is 594. The van der Waals surface area contributed by atoms with Gasteiger partial charge in [0.05, 0.1) is 0 Å². The standard InChI is InChI=1S/C20H29N3O2/c24-19-11-6-14-23(19)18-10-5-7-16(15-18)20(25)22-13-12-21-17-8-3-1-2-4-9-17/h5,7,10,15,17,21H,1-4,6,8-9,11-14H2,(H,22,25). The topological polar surface area (TPSA) is 61.4 Å². The molecule has 1 saturated carbocycles. The van der Waals surface area contributed by atoms with Crippen molar-refractivity contribution in [3.05, 3.63) is 29.8 Å². The minimum Gasteiger partial charge on any atom is -0.351 e. The van der Waals surface area contributed by atoms with Gasteiger partial charge >= 0.3 is 0 Å². The number of anilines is 1. The first-order chi connectivity index (χ1) is 12.2. The molecule has 0 bridgehead atoms. The van der Waals surface area contributed by atoms with Crippen molar-refractivity contribution in [1.82, 2.24) is 10.6 Å². The van der Waals surface area contributed by atoms with E-state index in [4.69, 9.17) is 0 Å². The predicted molar refractivity (Wildman–Crippen MR) is 99.9 cm³/mol. The lowest BCUT2D eigenvalue weighted by molar-refractivity contribution is -0.117. The minimum atomic E-state index is -0.0730. The summed E-state index contributed by atoms with van der Waals surface area (Å²) in [6.07, 6.45) is 9.32. The van der Waals surface area contributed by atoms with Gasteiger partial charge in [-0.2, -0.15) is 0 Å². The Labute approximate surface area is 150 Å². The van der Waals surface area contributed by atoms with Crippen molar-refractivity contribution in [3.8, 4) is 0 Å². The van der Waals surface area contributed by atoms with Crippen LogP contribution in [0.3, 0.4) is 0 Å². The monoisotopic (exact) mass is 343 g/mol. The summed E-state index contributed by atoms with van der Waals surface area (Å²) in [4.78, 5) is 26.0. The maximum Gasteiger partial charge on any atom is 0.251 e. The predicted octanol–water partition coefficient (Wildman–Crippen LogP) is 2.86. The summed E-state index contributed by atoms with van der Waals surface area (Å²) in [5.41, 5.74) is 1.44. The van der Waals surface area contributed by atoms with Crippen molar-refractivity contribution >= 4 is 17.5 Å². The van der Waals surface area contributed by atoms with Crippen LogP contribution in [0.2, 0.25) is 0 Å². The molecule has 25 heavy (non-hydrogen) atoms. The molecule has 2 amide bonds. The van der Waals surface area contributed by atoms with E-state index in [2.05, 4.69) is 10.6 Å². The molecule has 0 atom stereocenters. The van der Waals surface area contributed by atoms with E-state index in [9.17, 15) is 9.59 Å². The molecular weight excluding hydrogens is 314 g/mol. The summed E-state index contributed by atoms with van der Waals surface area (Å²) < 4.78 is 0. The fraction of sp³-hybridized carbons (Fsp3) is 0.600. The summed E-state index contributed by atoms with van der Waals surface area (Å²) >= 11 is 0. The van der Waals surface area contributed by atoms with Gasteiger partial charge in [0, 0.05) is 43.3 Å². The van der Waals surface area contributed by atoms with E-state index in [1.165, 1.54) is 38.5 Å². The van der Waals surface area contributed by atoms with E-state index < -0.39 is 0 Å². The van der Waals surface area contributed by atoms with Gasteiger partial charge in [-0.15, -0.1) is 0 Å². The van der Waals surface area contributed by atoms with Crippen LogP contribution in [0.1, 0.15) is 61.7 Å². The van der Waals surface area contributed by atoms with Crippen molar-refractivity contribution in [3.63, 3.8) is 0 Å². The van der Waals surface area contributed by atoms with Gasteiger partial charge in [-0.05, 0) is 37.5 Å². The third-order valence-corrected chi connectivity index (χ3v) is 5.19. The molecule has 0 radical (unpaired) electrons.